The summed E-state index contributed by atoms with van der Waals surface area (Å²) in [7, 11) is 0. The fourth-order valence-corrected chi connectivity index (χ4v) is 2.80. The average molecular weight is 297 g/mol. The van der Waals surface area contributed by atoms with E-state index in [-0.39, 0.29) is 12.6 Å². The van der Waals surface area contributed by atoms with E-state index in [1.165, 1.54) is 5.56 Å². The normalized spacial score (nSPS) is 22.6. The summed E-state index contributed by atoms with van der Waals surface area (Å²) < 4.78 is 0. The molecule has 1 aromatic rings. The van der Waals surface area contributed by atoms with Crippen LogP contribution >= 0.6 is 11.6 Å². The number of hydrogen-bond acceptors (Lipinski definition) is 4. The SMILES string of the molecule is O=CC(Cl)CN1CCN(Cc2ccccc2)C[C@H]1CO. The number of nitrogens with zero attached hydrogens (tertiary/aromatic N) is 2. The Bertz CT molecular complexity index is 416. The van der Waals surface area contributed by atoms with Gasteiger partial charge in [-0.15, -0.1) is 11.6 Å². The van der Waals surface area contributed by atoms with E-state index < -0.39 is 5.38 Å². The Balaban J connectivity index is 1.90. The van der Waals surface area contributed by atoms with E-state index in [0.717, 1.165) is 32.5 Å². The van der Waals surface area contributed by atoms with Crippen LogP contribution in [0.4, 0.5) is 0 Å². The predicted octanol–water partition coefficient (Wildman–Crippen LogP) is 0.971. The molecule has 5 heteroatoms. The summed E-state index contributed by atoms with van der Waals surface area (Å²) in [5.41, 5.74) is 1.28. The maximum Gasteiger partial charge on any atom is 0.139 e. The second-order valence-electron chi connectivity index (χ2n) is 5.20. The molecular formula is C15H21ClN2O2. The third kappa shape index (κ3) is 4.28. The van der Waals surface area contributed by atoms with Crippen molar-refractivity contribution >= 4 is 17.9 Å². The van der Waals surface area contributed by atoms with Gasteiger partial charge in [-0.25, -0.2) is 0 Å². The van der Waals surface area contributed by atoms with Gasteiger partial charge in [0.2, 0.25) is 0 Å². The van der Waals surface area contributed by atoms with Crippen LogP contribution in [-0.4, -0.2) is 65.4 Å². The molecule has 1 aliphatic heterocycles. The van der Waals surface area contributed by atoms with Crippen molar-refractivity contribution < 1.29 is 9.90 Å². The van der Waals surface area contributed by atoms with Crippen LogP contribution in [-0.2, 0) is 11.3 Å². The number of aldehydes is 1. The van der Waals surface area contributed by atoms with Gasteiger partial charge in [-0.1, -0.05) is 30.3 Å². The molecule has 2 rings (SSSR count). The first-order valence-corrected chi connectivity index (χ1v) is 7.37. The lowest BCUT2D eigenvalue weighted by atomic mass is 10.1. The van der Waals surface area contributed by atoms with Gasteiger partial charge < -0.3 is 9.90 Å². The first-order chi connectivity index (χ1) is 9.72. The minimum Gasteiger partial charge on any atom is -0.395 e. The van der Waals surface area contributed by atoms with Crippen molar-refractivity contribution in [3.8, 4) is 0 Å². The lowest BCUT2D eigenvalue weighted by Crippen LogP contribution is -2.55. The highest BCUT2D eigenvalue weighted by Crippen LogP contribution is 2.14. The van der Waals surface area contributed by atoms with Gasteiger partial charge in [0.1, 0.15) is 11.7 Å². The molecule has 0 saturated carbocycles. The Labute approximate surface area is 124 Å². The van der Waals surface area contributed by atoms with Gasteiger partial charge in [0, 0.05) is 38.8 Å². The predicted molar refractivity (Wildman–Crippen MR) is 79.9 cm³/mol. The van der Waals surface area contributed by atoms with Gasteiger partial charge in [-0.3, -0.25) is 9.80 Å². The first-order valence-electron chi connectivity index (χ1n) is 6.93. The summed E-state index contributed by atoms with van der Waals surface area (Å²) in [4.78, 5) is 15.1. The summed E-state index contributed by atoms with van der Waals surface area (Å²) in [5.74, 6) is 0. The molecule has 0 aliphatic carbocycles. The van der Waals surface area contributed by atoms with Crippen molar-refractivity contribution in [3.63, 3.8) is 0 Å². The zero-order chi connectivity index (χ0) is 14.4. The number of carbonyl (C=O) groups excluding carboxylic acids is 1. The van der Waals surface area contributed by atoms with Gasteiger partial charge in [0.25, 0.3) is 0 Å². The zero-order valence-electron chi connectivity index (χ0n) is 11.5. The Morgan fingerprint density at radius 2 is 2.10 bits per heavy atom. The van der Waals surface area contributed by atoms with Crippen LogP contribution in [0.3, 0.4) is 0 Å². The molecule has 4 nitrogen and oxygen atoms in total. The Morgan fingerprint density at radius 3 is 2.75 bits per heavy atom. The first kappa shape index (κ1) is 15.4. The van der Waals surface area contributed by atoms with Crippen molar-refractivity contribution in [1.29, 1.82) is 0 Å². The number of aliphatic hydroxyl groups excluding tert-OH is 1. The van der Waals surface area contributed by atoms with Crippen LogP contribution in [0.2, 0.25) is 0 Å². The van der Waals surface area contributed by atoms with Gasteiger partial charge in [-0.05, 0) is 5.56 Å². The van der Waals surface area contributed by atoms with Crippen molar-refractivity contribution in [1.82, 2.24) is 9.80 Å². The highest BCUT2D eigenvalue weighted by Gasteiger charge is 2.27. The number of piperazine rings is 1. The molecule has 1 N–H and O–H groups in total. The topological polar surface area (TPSA) is 43.8 Å². The Hall–Kier alpha value is -0.940. The highest BCUT2D eigenvalue weighted by molar-refractivity contribution is 6.27. The van der Waals surface area contributed by atoms with E-state index in [0.29, 0.717) is 6.54 Å². The molecule has 0 aromatic heterocycles. The van der Waals surface area contributed by atoms with Crippen LogP contribution in [0.15, 0.2) is 30.3 Å². The smallest absolute Gasteiger partial charge is 0.139 e. The minimum absolute atomic E-state index is 0.0497. The summed E-state index contributed by atoms with van der Waals surface area (Å²) in [6.07, 6.45) is 0.756. The van der Waals surface area contributed by atoms with E-state index in [4.69, 9.17) is 11.6 Å². The quantitative estimate of drug-likeness (QED) is 0.628. The van der Waals surface area contributed by atoms with E-state index in [2.05, 4.69) is 21.9 Å². The fraction of sp³-hybridized carbons (Fsp3) is 0.533. The molecule has 0 radical (unpaired) electrons. The highest BCUT2D eigenvalue weighted by atomic mass is 35.5. The van der Waals surface area contributed by atoms with Crippen LogP contribution in [0.5, 0.6) is 0 Å². The Kier molecular flexibility index (Phi) is 5.98. The van der Waals surface area contributed by atoms with Crippen LogP contribution < -0.4 is 0 Å². The van der Waals surface area contributed by atoms with E-state index >= 15 is 0 Å². The van der Waals surface area contributed by atoms with Gasteiger partial charge in [0.05, 0.1) is 6.61 Å². The maximum absolute atomic E-state index is 10.6. The van der Waals surface area contributed by atoms with Crippen molar-refractivity contribution in [2.45, 2.75) is 18.0 Å². The monoisotopic (exact) mass is 296 g/mol. The molecule has 1 aromatic carbocycles. The van der Waals surface area contributed by atoms with Gasteiger partial charge in [-0.2, -0.15) is 0 Å². The second kappa shape index (κ2) is 7.74. The van der Waals surface area contributed by atoms with Crippen LogP contribution in [0.25, 0.3) is 0 Å². The largest absolute Gasteiger partial charge is 0.395 e. The molecule has 1 saturated heterocycles. The zero-order valence-corrected chi connectivity index (χ0v) is 12.2. The molecule has 1 aliphatic rings. The minimum atomic E-state index is -0.496. The Morgan fingerprint density at radius 1 is 1.35 bits per heavy atom. The van der Waals surface area contributed by atoms with E-state index in [1.54, 1.807) is 0 Å². The summed E-state index contributed by atoms with van der Waals surface area (Å²) in [6.45, 7) is 4.04. The lowest BCUT2D eigenvalue weighted by molar-refractivity contribution is -0.108. The summed E-state index contributed by atoms with van der Waals surface area (Å²) in [5, 5.41) is 9.04. The molecule has 20 heavy (non-hydrogen) atoms. The average Bonchev–Trinajstić information content (AvgIpc) is 2.49. The van der Waals surface area contributed by atoms with Crippen molar-refractivity contribution in [3.05, 3.63) is 35.9 Å². The number of rotatable bonds is 6. The van der Waals surface area contributed by atoms with Crippen molar-refractivity contribution in [2.75, 3.05) is 32.8 Å². The number of alkyl halides is 1. The fourth-order valence-electron chi connectivity index (χ4n) is 2.62. The molecule has 0 spiro atoms. The lowest BCUT2D eigenvalue weighted by Gasteiger charge is -2.41. The number of benzene rings is 1. The molecule has 1 fully saturated rings. The number of carbonyl (C=O) groups is 1. The van der Waals surface area contributed by atoms with Crippen LogP contribution in [0, 0.1) is 0 Å². The molecule has 1 unspecified atom stereocenters. The molecule has 2 atom stereocenters. The summed E-state index contributed by atoms with van der Waals surface area (Å²) in [6, 6.07) is 10.4. The molecule has 0 amide bonds. The molecule has 0 bridgehead atoms. The second-order valence-corrected chi connectivity index (χ2v) is 5.76. The van der Waals surface area contributed by atoms with Crippen molar-refractivity contribution in [2.24, 2.45) is 0 Å². The van der Waals surface area contributed by atoms with E-state index in [1.807, 2.05) is 18.2 Å². The number of hydrogen-bond donors (Lipinski definition) is 1. The third-order valence-electron chi connectivity index (χ3n) is 3.71. The van der Waals surface area contributed by atoms with E-state index in [9.17, 15) is 9.90 Å². The maximum atomic E-state index is 10.6. The number of aliphatic hydroxyl groups is 1. The number of halogens is 1. The standard InChI is InChI=1S/C15H21ClN2O2/c16-14(11-19)9-18-7-6-17(10-15(18)12-20)8-13-4-2-1-3-5-13/h1-5,11,14-15,20H,6-10,12H2/t14?,15-/m0/s1. The third-order valence-corrected chi connectivity index (χ3v) is 3.95. The van der Waals surface area contributed by atoms with Crippen LogP contribution in [0.1, 0.15) is 5.56 Å². The molecule has 1 heterocycles. The van der Waals surface area contributed by atoms with Gasteiger partial charge in [0.15, 0.2) is 0 Å². The molecule has 110 valence electrons. The van der Waals surface area contributed by atoms with Gasteiger partial charge >= 0.3 is 0 Å². The molecular weight excluding hydrogens is 276 g/mol. The summed E-state index contributed by atoms with van der Waals surface area (Å²) >= 11 is 5.88.